The van der Waals surface area contributed by atoms with Crippen LogP contribution in [0.3, 0.4) is 0 Å². The number of H-pyrrole nitrogens is 1. The number of hydrogen-bond donors (Lipinski definition) is 4. The molecule has 0 saturated heterocycles. The Morgan fingerprint density at radius 3 is 2.72 bits per heavy atom. The number of anilines is 1. The summed E-state index contributed by atoms with van der Waals surface area (Å²) < 4.78 is 12.8. The summed E-state index contributed by atoms with van der Waals surface area (Å²) in [5, 5.41) is 26.7. The molecule has 5 rings (SSSR count). The van der Waals surface area contributed by atoms with Gasteiger partial charge >= 0.3 is 5.76 Å². The molecule has 2 atom stereocenters. The number of fused-ring (bicyclic) bond motifs is 1. The Balaban J connectivity index is 1.59. The number of aryl methyl sites for hydroxylation is 1. The third-order valence-corrected chi connectivity index (χ3v) is 6.61. The average molecular weight is 552 g/mol. The molecule has 0 aliphatic heterocycles. The van der Waals surface area contributed by atoms with Gasteiger partial charge in [-0.3, -0.25) is 14.3 Å². The van der Waals surface area contributed by atoms with Crippen molar-refractivity contribution < 1.29 is 19.2 Å². The molecule has 4 aromatic heterocycles. The second-order valence-electron chi connectivity index (χ2n) is 9.39. The molecule has 5 aromatic rings. The number of nitrogens with one attached hydrogen (secondary N) is 2. The van der Waals surface area contributed by atoms with Crippen LogP contribution in [-0.2, 0) is 6.54 Å². The number of aromatic nitrogens is 4. The number of aromatic amines is 1. The molecule has 1 aromatic carbocycles. The van der Waals surface area contributed by atoms with Crippen LogP contribution in [0, 0.1) is 13.8 Å². The van der Waals surface area contributed by atoms with Crippen molar-refractivity contribution in [2.24, 2.45) is 0 Å². The molecule has 0 saturated carbocycles. The van der Waals surface area contributed by atoms with E-state index in [9.17, 15) is 14.7 Å². The quantitative estimate of drug-likeness (QED) is 0.210. The fraction of sp³-hybridized carbons (Fsp3) is 0.259. The monoisotopic (exact) mass is 551 g/mol. The van der Waals surface area contributed by atoms with E-state index < -0.39 is 11.9 Å². The number of nitrogens with zero attached hydrogens (tertiary/aromatic N) is 3. The van der Waals surface area contributed by atoms with Gasteiger partial charge in [-0.1, -0.05) is 22.8 Å². The van der Waals surface area contributed by atoms with Gasteiger partial charge in [0.05, 0.1) is 36.4 Å². The van der Waals surface area contributed by atoms with E-state index in [1.165, 1.54) is 0 Å². The van der Waals surface area contributed by atoms with Crippen molar-refractivity contribution in [2.75, 3.05) is 11.9 Å². The Morgan fingerprint density at radius 1 is 1.21 bits per heavy atom. The summed E-state index contributed by atoms with van der Waals surface area (Å²) in [4.78, 5) is 31.8. The molecule has 11 nitrogen and oxygen atoms in total. The van der Waals surface area contributed by atoms with Gasteiger partial charge < -0.3 is 24.5 Å². The largest absolute Gasteiger partial charge is 0.455 e. The van der Waals surface area contributed by atoms with Crippen LogP contribution in [0.1, 0.15) is 29.7 Å². The highest BCUT2D eigenvalue weighted by atomic mass is 35.5. The van der Waals surface area contributed by atoms with E-state index in [1.807, 2.05) is 19.9 Å². The minimum Gasteiger partial charge on any atom is -0.455 e. The summed E-state index contributed by atoms with van der Waals surface area (Å²) in [5.74, 6) is -0.192. The molecule has 1 unspecified atom stereocenters. The van der Waals surface area contributed by atoms with Gasteiger partial charge in [0.25, 0.3) is 0 Å². The van der Waals surface area contributed by atoms with Gasteiger partial charge in [0.15, 0.2) is 5.43 Å². The van der Waals surface area contributed by atoms with Gasteiger partial charge in [0.2, 0.25) is 5.82 Å². The van der Waals surface area contributed by atoms with Crippen molar-refractivity contribution in [1.29, 1.82) is 0 Å². The standard InChI is InChI=1S/C27H26ClN5O6/c1-13-8-18(15(3)29-20-4-5-21(28)30-22(20)26-31-27(37)39-32-26)25-19(9-13)23(36)14(2)24(38-25)16-6-7-33(10-16)11-17(35)12-34/h4-10,15,17,29,34-35H,11-12H2,1-3H3,(H,31,32,37)/t15-,17?/m1/s1. The zero-order valence-corrected chi connectivity index (χ0v) is 22.1. The van der Waals surface area contributed by atoms with E-state index in [0.29, 0.717) is 39.2 Å². The van der Waals surface area contributed by atoms with Crippen molar-refractivity contribution in [3.8, 4) is 22.8 Å². The van der Waals surface area contributed by atoms with E-state index in [0.717, 1.165) is 11.1 Å². The van der Waals surface area contributed by atoms with Gasteiger partial charge in [-0.15, -0.1) is 0 Å². The molecule has 0 aliphatic rings. The first kappa shape index (κ1) is 26.4. The Hall–Kier alpha value is -4.19. The molecule has 4 heterocycles. The van der Waals surface area contributed by atoms with Gasteiger partial charge in [0.1, 0.15) is 22.2 Å². The minimum absolute atomic E-state index is 0.117. The van der Waals surface area contributed by atoms with Crippen molar-refractivity contribution in [3.63, 3.8) is 0 Å². The molecule has 0 aliphatic carbocycles. The van der Waals surface area contributed by atoms with Crippen LogP contribution in [0.4, 0.5) is 5.69 Å². The van der Waals surface area contributed by atoms with Gasteiger partial charge in [-0.05, 0) is 50.6 Å². The number of aliphatic hydroxyl groups is 2. The number of halogens is 1. The molecule has 0 radical (unpaired) electrons. The first-order chi connectivity index (χ1) is 18.6. The Bertz CT molecular complexity index is 1790. The zero-order chi connectivity index (χ0) is 27.8. The van der Waals surface area contributed by atoms with Crippen LogP contribution in [0.25, 0.3) is 33.8 Å². The summed E-state index contributed by atoms with van der Waals surface area (Å²) in [6.07, 6.45) is 2.61. The number of benzene rings is 1. The highest BCUT2D eigenvalue weighted by molar-refractivity contribution is 6.29. The summed E-state index contributed by atoms with van der Waals surface area (Å²) in [7, 11) is 0. The lowest BCUT2D eigenvalue weighted by atomic mass is 9.99. The first-order valence-electron chi connectivity index (χ1n) is 12.2. The Morgan fingerprint density at radius 2 is 2.00 bits per heavy atom. The van der Waals surface area contributed by atoms with Gasteiger partial charge in [-0.2, -0.15) is 0 Å². The fourth-order valence-electron chi connectivity index (χ4n) is 4.53. The molecule has 0 spiro atoms. The third kappa shape index (κ3) is 5.24. The highest BCUT2D eigenvalue weighted by Crippen LogP contribution is 2.34. The van der Waals surface area contributed by atoms with Crippen LogP contribution in [0.5, 0.6) is 0 Å². The van der Waals surface area contributed by atoms with Crippen LogP contribution >= 0.6 is 11.6 Å². The smallest absolute Gasteiger partial charge is 0.439 e. The maximum absolute atomic E-state index is 13.5. The third-order valence-electron chi connectivity index (χ3n) is 6.40. The predicted octanol–water partition coefficient (Wildman–Crippen LogP) is 3.80. The number of aliphatic hydroxyl groups excluding tert-OH is 2. The average Bonchev–Trinajstić information content (AvgIpc) is 3.55. The predicted molar refractivity (Wildman–Crippen MR) is 146 cm³/mol. The second-order valence-corrected chi connectivity index (χ2v) is 9.78. The van der Waals surface area contributed by atoms with Gasteiger partial charge in [0, 0.05) is 29.1 Å². The number of pyridine rings is 1. The summed E-state index contributed by atoms with van der Waals surface area (Å²) >= 11 is 6.10. The molecule has 202 valence electrons. The lowest BCUT2D eigenvalue weighted by molar-refractivity contribution is 0.0813. The highest BCUT2D eigenvalue weighted by Gasteiger charge is 2.21. The van der Waals surface area contributed by atoms with Crippen molar-refractivity contribution in [1.82, 2.24) is 19.7 Å². The summed E-state index contributed by atoms with van der Waals surface area (Å²) in [6.45, 7) is 5.37. The van der Waals surface area contributed by atoms with Crippen molar-refractivity contribution in [2.45, 2.75) is 39.5 Å². The van der Waals surface area contributed by atoms with Crippen molar-refractivity contribution >= 4 is 28.3 Å². The molecule has 12 heteroatoms. The normalized spacial score (nSPS) is 13.1. The summed E-state index contributed by atoms with van der Waals surface area (Å²) in [5.41, 5.74) is 3.83. The maximum atomic E-state index is 13.5. The lowest BCUT2D eigenvalue weighted by Crippen LogP contribution is -2.18. The summed E-state index contributed by atoms with van der Waals surface area (Å²) in [6, 6.07) is 8.46. The van der Waals surface area contributed by atoms with E-state index in [1.54, 1.807) is 48.1 Å². The Labute approximate surface area is 226 Å². The fourth-order valence-corrected chi connectivity index (χ4v) is 4.68. The molecule has 39 heavy (non-hydrogen) atoms. The molecule has 0 amide bonds. The first-order valence-corrected chi connectivity index (χ1v) is 12.5. The van der Waals surface area contributed by atoms with Crippen LogP contribution in [-0.4, -0.2) is 42.6 Å². The minimum atomic E-state index is -0.904. The van der Waals surface area contributed by atoms with Crippen molar-refractivity contribution in [3.05, 3.63) is 85.3 Å². The molecule has 0 bridgehead atoms. The number of rotatable bonds is 8. The SMILES string of the molecule is Cc1cc([C@@H](C)Nc2ccc(Cl)nc2-c2noc(=O)[nH]2)c2oc(-c3ccn(CC(O)CO)c3)c(C)c(=O)c2c1. The maximum Gasteiger partial charge on any atom is 0.439 e. The molecular weight excluding hydrogens is 526 g/mol. The zero-order valence-electron chi connectivity index (χ0n) is 21.4. The second kappa shape index (κ2) is 10.5. The van der Waals surface area contributed by atoms with E-state index in [4.69, 9.17) is 21.1 Å². The number of hydrogen-bond acceptors (Lipinski definition) is 9. The van der Waals surface area contributed by atoms with Gasteiger partial charge in [-0.25, -0.2) is 9.78 Å². The van der Waals surface area contributed by atoms with E-state index >= 15 is 0 Å². The van der Waals surface area contributed by atoms with E-state index in [2.05, 4.69) is 25.0 Å². The molecular formula is C27H26ClN5O6. The topological polar surface area (TPSA) is 159 Å². The van der Waals surface area contributed by atoms with Crippen LogP contribution in [0.2, 0.25) is 5.15 Å². The molecule has 0 fully saturated rings. The van der Waals surface area contributed by atoms with Crippen LogP contribution < -0.4 is 16.5 Å². The lowest BCUT2D eigenvalue weighted by Gasteiger charge is -2.20. The van der Waals surface area contributed by atoms with Crippen LogP contribution in [0.15, 0.2) is 61.3 Å². The Kier molecular flexibility index (Phi) is 7.13. The molecule has 4 N–H and O–H groups in total. The van der Waals surface area contributed by atoms with E-state index in [-0.39, 0.29) is 35.6 Å².